The third kappa shape index (κ3) is 8.30. The molecule has 3 N–H and O–H groups in total. The van der Waals surface area contributed by atoms with Gasteiger partial charge in [-0.1, -0.05) is 196 Å². The molecule has 0 radical (unpaired) electrons. The van der Waals surface area contributed by atoms with Crippen LogP contribution in [0.15, 0.2) is 182 Å². The summed E-state index contributed by atoms with van der Waals surface area (Å²) in [6.45, 7) is 3.93. The van der Waals surface area contributed by atoms with Gasteiger partial charge in [0, 0.05) is 5.75 Å². The lowest BCUT2D eigenvalue weighted by molar-refractivity contribution is -0.142. The Labute approximate surface area is 317 Å². The third-order valence-electron chi connectivity index (χ3n) is 9.66. The van der Waals surface area contributed by atoms with Crippen LogP contribution in [0.4, 0.5) is 0 Å². The number of thioether (sulfide) groups is 1. The van der Waals surface area contributed by atoms with E-state index in [0.29, 0.717) is 12.2 Å². The summed E-state index contributed by atoms with van der Waals surface area (Å²) in [6, 6.07) is 59.8. The number of carbonyl (C=O) groups is 2. The van der Waals surface area contributed by atoms with Crippen LogP contribution in [-0.4, -0.2) is 34.8 Å². The van der Waals surface area contributed by atoms with Crippen LogP contribution in [0.2, 0.25) is 0 Å². The van der Waals surface area contributed by atoms with E-state index < -0.39 is 28.3 Å². The maximum Gasteiger partial charge on any atom is 0.326 e. The van der Waals surface area contributed by atoms with Crippen molar-refractivity contribution in [1.29, 1.82) is 0 Å². The van der Waals surface area contributed by atoms with E-state index in [9.17, 15) is 14.7 Å². The Morgan fingerprint density at radius 2 is 0.849 bits per heavy atom. The predicted molar refractivity (Wildman–Crippen MR) is 217 cm³/mol. The van der Waals surface area contributed by atoms with Gasteiger partial charge in [0.15, 0.2) is 0 Å². The van der Waals surface area contributed by atoms with Gasteiger partial charge in [-0.25, -0.2) is 4.79 Å². The average Bonchev–Trinajstić information content (AvgIpc) is 3.21. The van der Waals surface area contributed by atoms with Gasteiger partial charge in [-0.15, -0.1) is 11.8 Å². The van der Waals surface area contributed by atoms with Crippen LogP contribution in [0, 0.1) is 5.92 Å². The number of carboxylic acids is 1. The summed E-state index contributed by atoms with van der Waals surface area (Å²) < 4.78 is -0.705. The average molecular weight is 719 g/mol. The fourth-order valence-corrected chi connectivity index (χ4v) is 8.76. The van der Waals surface area contributed by atoms with Crippen molar-refractivity contribution >= 4 is 23.6 Å². The van der Waals surface area contributed by atoms with Gasteiger partial charge in [0.2, 0.25) is 5.91 Å². The molecule has 0 aliphatic heterocycles. The van der Waals surface area contributed by atoms with Crippen LogP contribution in [0.1, 0.15) is 53.6 Å². The van der Waals surface area contributed by atoms with E-state index in [4.69, 9.17) is 0 Å². The van der Waals surface area contributed by atoms with Gasteiger partial charge in [-0.05, 0) is 45.7 Å². The van der Waals surface area contributed by atoms with Crippen molar-refractivity contribution in [3.63, 3.8) is 0 Å². The first-order chi connectivity index (χ1) is 25.8. The number of hydrogen-bond acceptors (Lipinski definition) is 4. The van der Waals surface area contributed by atoms with E-state index in [-0.39, 0.29) is 11.8 Å². The minimum Gasteiger partial charge on any atom is -0.480 e. The van der Waals surface area contributed by atoms with E-state index >= 15 is 0 Å². The molecule has 0 bridgehead atoms. The van der Waals surface area contributed by atoms with E-state index in [1.54, 1.807) is 11.8 Å². The Bertz CT molecular complexity index is 1830. The topological polar surface area (TPSA) is 78.4 Å². The zero-order chi connectivity index (χ0) is 37.1. The van der Waals surface area contributed by atoms with Gasteiger partial charge in [-0.3, -0.25) is 10.1 Å². The second-order valence-corrected chi connectivity index (χ2v) is 14.9. The van der Waals surface area contributed by atoms with Crippen molar-refractivity contribution in [2.45, 2.75) is 42.6 Å². The van der Waals surface area contributed by atoms with Crippen molar-refractivity contribution < 1.29 is 14.7 Å². The van der Waals surface area contributed by atoms with Crippen LogP contribution >= 0.6 is 11.8 Å². The van der Waals surface area contributed by atoms with E-state index in [1.165, 1.54) is 0 Å². The summed E-state index contributed by atoms with van der Waals surface area (Å²) in [4.78, 5) is 27.5. The standard InChI is InChI=1S/C47H46N2O3S/c1-35(2)33-42(45(51)52)48-44(50)43(49-46(36-21-9-3-10-22-36,37-23-11-4-12-24-37)38-25-13-5-14-26-38)34-53-47(39-27-15-6-16-28-39,40-29-17-7-18-30-40)41-31-19-8-20-32-41/h3-32,35,42-43,49H,33-34H2,1-2H3,(H,48,50)(H,51,52)/t42-,43-/m1/s1. The second kappa shape index (κ2) is 17.4. The number of benzene rings is 6. The maximum atomic E-state index is 14.9. The molecule has 6 aromatic rings. The van der Waals surface area contributed by atoms with Crippen LogP contribution < -0.4 is 10.6 Å². The number of nitrogens with one attached hydrogen (secondary N) is 2. The van der Waals surface area contributed by atoms with Gasteiger partial charge >= 0.3 is 5.97 Å². The lowest BCUT2D eigenvalue weighted by atomic mass is 9.76. The summed E-state index contributed by atoms with van der Waals surface area (Å²) in [5.74, 6) is -1.06. The summed E-state index contributed by atoms with van der Waals surface area (Å²) in [5, 5.41) is 17.2. The third-order valence-corrected chi connectivity index (χ3v) is 11.3. The van der Waals surface area contributed by atoms with Crippen molar-refractivity contribution in [2.75, 3.05) is 5.75 Å². The largest absolute Gasteiger partial charge is 0.480 e. The first-order valence-electron chi connectivity index (χ1n) is 18.1. The quantitative estimate of drug-likeness (QED) is 0.0870. The van der Waals surface area contributed by atoms with Gasteiger partial charge < -0.3 is 10.4 Å². The van der Waals surface area contributed by atoms with Crippen LogP contribution in [0.3, 0.4) is 0 Å². The number of carbonyl (C=O) groups excluding carboxylic acids is 1. The molecule has 2 atom stereocenters. The highest BCUT2D eigenvalue weighted by Crippen LogP contribution is 2.49. The van der Waals surface area contributed by atoms with E-state index in [0.717, 1.165) is 33.4 Å². The monoisotopic (exact) mass is 718 g/mol. The zero-order valence-corrected chi connectivity index (χ0v) is 31.0. The van der Waals surface area contributed by atoms with Crippen LogP contribution in [0.5, 0.6) is 0 Å². The molecule has 0 heterocycles. The van der Waals surface area contributed by atoms with Gasteiger partial charge in [0.1, 0.15) is 6.04 Å². The molecule has 0 saturated heterocycles. The lowest BCUT2D eigenvalue weighted by Crippen LogP contribution is -2.58. The van der Waals surface area contributed by atoms with Gasteiger partial charge in [0.05, 0.1) is 16.3 Å². The highest BCUT2D eigenvalue weighted by molar-refractivity contribution is 8.00. The van der Waals surface area contributed by atoms with Crippen LogP contribution in [-0.2, 0) is 19.9 Å². The van der Waals surface area contributed by atoms with E-state index in [2.05, 4.69) is 83.4 Å². The van der Waals surface area contributed by atoms with Crippen molar-refractivity contribution in [2.24, 2.45) is 5.92 Å². The molecule has 268 valence electrons. The number of aliphatic carboxylic acids is 1. The minimum absolute atomic E-state index is 0.0659. The fourth-order valence-electron chi connectivity index (χ4n) is 7.20. The molecule has 0 aromatic heterocycles. The normalized spacial score (nSPS) is 12.9. The smallest absolute Gasteiger partial charge is 0.326 e. The minimum atomic E-state index is -1.05. The molecule has 6 rings (SSSR count). The molecule has 6 aromatic carbocycles. The summed E-state index contributed by atoms with van der Waals surface area (Å²) in [6.07, 6.45) is 0.310. The molecule has 0 saturated carbocycles. The Morgan fingerprint density at radius 1 is 0.528 bits per heavy atom. The van der Waals surface area contributed by atoms with Crippen LogP contribution in [0.25, 0.3) is 0 Å². The summed E-state index contributed by atoms with van der Waals surface area (Å²) in [7, 11) is 0. The molecule has 0 aliphatic rings. The van der Waals surface area contributed by atoms with Crippen molar-refractivity contribution in [3.8, 4) is 0 Å². The van der Waals surface area contributed by atoms with Crippen molar-refractivity contribution in [1.82, 2.24) is 10.6 Å². The molecule has 0 fully saturated rings. The molecular weight excluding hydrogens is 673 g/mol. The molecule has 0 aliphatic carbocycles. The summed E-state index contributed by atoms with van der Waals surface area (Å²) >= 11 is 1.67. The summed E-state index contributed by atoms with van der Waals surface area (Å²) in [5.41, 5.74) is 5.12. The van der Waals surface area contributed by atoms with Gasteiger partial charge in [-0.2, -0.15) is 0 Å². The highest BCUT2D eigenvalue weighted by atomic mass is 32.2. The SMILES string of the molecule is CC(C)C[C@@H](NC(=O)[C@@H](CSC(c1ccccc1)(c1ccccc1)c1ccccc1)NC(c1ccccc1)(c1ccccc1)c1ccccc1)C(=O)O. The number of hydrogen-bond donors (Lipinski definition) is 3. The number of amides is 1. The number of rotatable bonds is 16. The molecule has 0 spiro atoms. The molecule has 1 amide bonds. The Morgan fingerprint density at radius 3 is 1.15 bits per heavy atom. The number of carboxylic acid groups (broad SMARTS) is 1. The molecule has 0 unspecified atom stereocenters. The molecule has 6 heteroatoms. The van der Waals surface area contributed by atoms with Gasteiger partial charge in [0.25, 0.3) is 0 Å². The predicted octanol–water partition coefficient (Wildman–Crippen LogP) is 9.28. The molecule has 5 nitrogen and oxygen atoms in total. The first kappa shape index (κ1) is 37.3. The van der Waals surface area contributed by atoms with Crippen molar-refractivity contribution in [3.05, 3.63) is 215 Å². The lowest BCUT2D eigenvalue weighted by Gasteiger charge is -2.41. The Balaban J connectivity index is 1.55. The zero-order valence-electron chi connectivity index (χ0n) is 30.1. The van der Waals surface area contributed by atoms with E-state index in [1.807, 2.05) is 123 Å². The second-order valence-electron chi connectivity index (χ2n) is 13.7. The first-order valence-corrected chi connectivity index (χ1v) is 19.1. The Hall–Kier alpha value is -5.43. The molecule has 53 heavy (non-hydrogen) atoms. The Kier molecular flexibility index (Phi) is 12.2. The fraction of sp³-hybridized carbons (Fsp3) is 0.191. The molecular formula is C47H46N2O3S. The highest BCUT2D eigenvalue weighted by Gasteiger charge is 2.43. The maximum absolute atomic E-state index is 14.9.